The van der Waals surface area contributed by atoms with Crippen LogP contribution in [0.2, 0.25) is 0 Å². The number of hydrogen-bond donors (Lipinski definition) is 2. The molecule has 2 aliphatic heterocycles. The van der Waals surface area contributed by atoms with Gasteiger partial charge in [-0.05, 0) is 38.3 Å². The van der Waals surface area contributed by atoms with E-state index in [1.54, 1.807) is 0 Å². The minimum absolute atomic E-state index is 0.257. The monoisotopic (exact) mass is 270 g/mol. The summed E-state index contributed by atoms with van der Waals surface area (Å²) in [7, 11) is 0. The molecule has 0 radical (unpaired) electrons. The average Bonchev–Trinajstić information content (AvgIpc) is 2.99. The zero-order valence-corrected chi connectivity index (χ0v) is 12.5. The molecular weight excluding hydrogens is 240 g/mol. The second-order valence-electron chi connectivity index (χ2n) is 6.78. The van der Waals surface area contributed by atoms with Crippen molar-refractivity contribution in [2.24, 2.45) is 11.3 Å². The lowest BCUT2D eigenvalue weighted by atomic mass is 9.86. The van der Waals surface area contributed by atoms with Crippen molar-refractivity contribution >= 4 is 0 Å². The van der Waals surface area contributed by atoms with Crippen LogP contribution in [-0.4, -0.2) is 62.0 Å². The third-order valence-corrected chi connectivity index (χ3v) is 4.49. The molecule has 0 aliphatic carbocycles. The average molecular weight is 270 g/mol. The highest BCUT2D eigenvalue weighted by atomic mass is 16.5. The van der Waals surface area contributed by atoms with E-state index in [1.165, 1.54) is 6.42 Å². The van der Waals surface area contributed by atoms with Crippen LogP contribution in [-0.2, 0) is 4.74 Å². The van der Waals surface area contributed by atoms with Crippen LogP contribution < -0.4 is 5.32 Å². The van der Waals surface area contributed by atoms with Crippen molar-refractivity contribution in [3.8, 4) is 0 Å². The molecule has 0 aromatic carbocycles. The van der Waals surface area contributed by atoms with E-state index < -0.39 is 0 Å². The molecule has 0 spiro atoms. The van der Waals surface area contributed by atoms with E-state index in [9.17, 15) is 5.11 Å². The fraction of sp³-hybridized carbons (Fsp3) is 1.00. The molecule has 4 heteroatoms. The quantitative estimate of drug-likeness (QED) is 0.727. The second-order valence-corrected chi connectivity index (χ2v) is 6.78. The van der Waals surface area contributed by atoms with E-state index >= 15 is 0 Å². The van der Waals surface area contributed by atoms with Crippen molar-refractivity contribution in [3.05, 3.63) is 0 Å². The zero-order chi connectivity index (χ0) is 13.7. The first-order valence-electron chi connectivity index (χ1n) is 7.78. The van der Waals surface area contributed by atoms with Crippen molar-refractivity contribution in [1.29, 1.82) is 0 Å². The first kappa shape index (κ1) is 15.2. The molecule has 19 heavy (non-hydrogen) atoms. The summed E-state index contributed by atoms with van der Waals surface area (Å²) in [5, 5.41) is 13.1. The lowest BCUT2D eigenvalue weighted by molar-refractivity contribution is 0.0827. The van der Waals surface area contributed by atoms with Crippen molar-refractivity contribution in [2.75, 3.05) is 46.0 Å². The van der Waals surface area contributed by atoms with E-state index in [-0.39, 0.29) is 5.41 Å². The number of nitrogens with zero attached hydrogens (tertiary/aromatic N) is 1. The lowest BCUT2D eigenvalue weighted by Crippen LogP contribution is -2.47. The smallest absolute Gasteiger partial charge is 0.0586 e. The number of aliphatic hydroxyl groups excluding tert-OH is 1. The molecule has 2 rings (SSSR count). The van der Waals surface area contributed by atoms with E-state index in [0.29, 0.717) is 18.6 Å². The molecule has 0 saturated carbocycles. The van der Waals surface area contributed by atoms with E-state index in [4.69, 9.17) is 4.74 Å². The highest BCUT2D eigenvalue weighted by Crippen LogP contribution is 2.32. The van der Waals surface area contributed by atoms with Crippen LogP contribution in [0.5, 0.6) is 0 Å². The molecule has 4 nitrogen and oxygen atoms in total. The number of aliphatic hydroxyl groups is 1. The Morgan fingerprint density at radius 3 is 2.95 bits per heavy atom. The minimum Gasteiger partial charge on any atom is -0.395 e. The molecule has 2 N–H and O–H groups in total. The summed E-state index contributed by atoms with van der Waals surface area (Å²) in [6.07, 6.45) is 3.52. The summed E-state index contributed by atoms with van der Waals surface area (Å²) in [4.78, 5) is 2.48. The Hall–Kier alpha value is -0.160. The molecule has 0 amide bonds. The van der Waals surface area contributed by atoms with E-state index in [1.807, 2.05) is 0 Å². The summed E-state index contributed by atoms with van der Waals surface area (Å²) >= 11 is 0. The standard InChI is InChI=1S/C15H30N2O2/c1-13(2)8-16-10-15(5-7-19-12-15)11-17-6-3-4-14(17)9-18/h13-14,16,18H,3-12H2,1-2H3. The van der Waals surface area contributed by atoms with Crippen molar-refractivity contribution < 1.29 is 9.84 Å². The van der Waals surface area contributed by atoms with Crippen LogP contribution in [0, 0.1) is 11.3 Å². The van der Waals surface area contributed by atoms with Crippen LogP contribution >= 0.6 is 0 Å². The summed E-state index contributed by atoms with van der Waals surface area (Å²) < 4.78 is 5.67. The van der Waals surface area contributed by atoms with Gasteiger partial charge in [0.25, 0.3) is 0 Å². The van der Waals surface area contributed by atoms with Gasteiger partial charge in [0, 0.05) is 31.2 Å². The molecule has 2 unspecified atom stereocenters. The molecule has 2 fully saturated rings. The minimum atomic E-state index is 0.257. The first-order valence-corrected chi connectivity index (χ1v) is 7.78. The predicted molar refractivity (Wildman–Crippen MR) is 77.3 cm³/mol. The van der Waals surface area contributed by atoms with Crippen molar-refractivity contribution in [1.82, 2.24) is 10.2 Å². The molecular formula is C15H30N2O2. The highest BCUT2D eigenvalue weighted by Gasteiger charge is 2.38. The molecule has 2 saturated heterocycles. The van der Waals surface area contributed by atoms with Gasteiger partial charge in [-0.25, -0.2) is 0 Å². The maximum Gasteiger partial charge on any atom is 0.0586 e. The fourth-order valence-electron chi connectivity index (χ4n) is 3.34. The van der Waals surface area contributed by atoms with Gasteiger partial charge >= 0.3 is 0 Å². The normalized spacial score (nSPS) is 32.5. The van der Waals surface area contributed by atoms with Gasteiger partial charge < -0.3 is 15.2 Å². The Labute approximate surface area is 117 Å². The maximum atomic E-state index is 9.45. The molecule has 2 aliphatic rings. The largest absolute Gasteiger partial charge is 0.395 e. The van der Waals surface area contributed by atoms with Crippen LogP contribution in [0.3, 0.4) is 0 Å². The van der Waals surface area contributed by atoms with Gasteiger partial charge in [0.1, 0.15) is 0 Å². The third kappa shape index (κ3) is 4.15. The Bertz CT molecular complexity index is 265. The van der Waals surface area contributed by atoms with Gasteiger partial charge in [0.15, 0.2) is 0 Å². The summed E-state index contributed by atoms with van der Waals surface area (Å²) in [6.45, 7) is 10.9. The van der Waals surface area contributed by atoms with Gasteiger partial charge in [-0.1, -0.05) is 13.8 Å². The lowest BCUT2D eigenvalue weighted by Gasteiger charge is -2.35. The number of rotatable bonds is 7. The second kappa shape index (κ2) is 7.02. The maximum absolute atomic E-state index is 9.45. The molecule has 0 aromatic heterocycles. The third-order valence-electron chi connectivity index (χ3n) is 4.49. The van der Waals surface area contributed by atoms with Gasteiger partial charge in [0.2, 0.25) is 0 Å². The predicted octanol–water partition coefficient (Wildman–Crippen LogP) is 1.10. The van der Waals surface area contributed by atoms with Crippen LogP contribution in [0.4, 0.5) is 0 Å². The number of likely N-dealkylation sites (tertiary alicyclic amines) is 1. The Morgan fingerprint density at radius 2 is 2.32 bits per heavy atom. The summed E-state index contributed by atoms with van der Waals surface area (Å²) in [6, 6.07) is 0.377. The van der Waals surface area contributed by atoms with Gasteiger partial charge in [-0.15, -0.1) is 0 Å². The Balaban J connectivity index is 1.87. The topological polar surface area (TPSA) is 44.7 Å². The van der Waals surface area contributed by atoms with Crippen molar-refractivity contribution in [3.63, 3.8) is 0 Å². The highest BCUT2D eigenvalue weighted by molar-refractivity contribution is 4.92. The molecule has 112 valence electrons. The Kier molecular flexibility index (Phi) is 5.63. The molecule has 2 atom stereocenters. The molecule has 0 bridgehead atoms. The van der Waals surface area contributed by atoms with E-state index in [2.05, 4.69) is 24.1 Å². The van der Waals surface area contributed by atoms with Crippen molar-refractivity contribution in [2.45, 2.75) is 39.2 Å². The number of ether oxygens (including phenoxy) is 1. The van der Waals surface area contributed by atoms with E-state index in [0.717, 1.165) is 52.2 Å². The summed E-state index contributed by atoms with van der Waals surface area (Å²) in [5.74, 6) is 0.691. The number of nitrogens with one attached hydrogen (secondary N) is 1. The van der Waals surface area contributed by atoms with Gasteiger partial charge in [0.05, 0.1) is 13.2 Å². The molecule has 0 aromatic rings. The first-order chi connectivity index (χ1) is 9.15. The zero-order valence-electron chi connectivity index (χ0n) is 12.5. The van der Waals surface area contributed by atoms with Gasteiger partial charge in [-0.2, -0.15) is 0 Å². The summed E-state index contributed by atoms with van der Waals surface area (Å²) in [5.41, 5.74) is 0.257. The SMILES string of the molecule is CC(C)CNCC1(CN2CCCC2CO)CCOC1. The number of hydrogen-bond acceptors (Lipinski definition) is 4. The molecule has 2 heterocycles. The van der Waals surface area contributed by atoms with Crippen LogP contribution in [0.1, 0.15) is 33.1 Å². The van der Waals surface area contributed by atoms with Gasteiger partial charge in [-0.3, -0.25) is 4.90 Å². The van der Waals surface area contributed by atoms with Crippen LogP contribution in [0.25, 0.3) is 0 Å². The Morgan fingerprint density at radius 1 is 1.47 bits per heavy atom. The van der Waals surface area contributed by atoms with Crippen LogP contribution in [0.15, 0.2) is 0 Å². The fourth-order valence-corrected chi connectivity index (χ4v) is 3.34.